The van der Waals surface area contributed by atoms with Crippen LogP contribution in [0.1, 0.15) is 35.7 Å². The minimum absolute atomic E-state index is 0.0269. The fourth-order valence-electron chi connectivity index (χ4n) is 8.62. The molecule has 2 unspecified atom stereocenters. The zero-order chi connectivity index (χ0) is 38.6. The lowest BCUT2D eigenvalue weighted by Crippen LogP contribution is -2.15. The highest BCUT2D eigenvalue weighted by molar-refractivity contribution is 6.13. The second-order valence-electron chi connectivity index (χ2n) is 15.2. The van der Waals surface area contributed by atoms with Crippen LogP contribution in [0.3, 0.4) is 0 Å². The van der Waals surface area contributed by atoms with E-state index in [-0.39, 0.29) is 11.8 Å². The van der Waals surface area contributed by atoms with Crippen LogP contribution >= 0.6 is 0 Å². The van der Waals surface area contributed by atoms with Crippen LogP contribution in [0.15, 0.2) is 192 Å². The fraction of sp³-hybridized carbons (Fsp3) is 0.0556. The number of hydrogen-bond acceptors (Lipinski definition) is 4. The van der Waals surface area contributed by atoms with E-state index in [1.54, 1.807) is 0 Å². The molecule has 1 aliphatic rings. The molecule has 0 amide bonds. The van der Waals surface area contributed by atoms with Gasteiger partial charge in [-0.3, -0.25) is 0 Å². The van der Waals surface area contributed by atoms with Gasteiger partial charge in [-0.05, 0) is 91.5 Å². The minimum atomic E-state index is -0.0269. The molecule has 0 saturated carbocycles. The topological polar surface area (TPSA) is 51.8 Å². The molecule has 58 heavy (non-hydrogen) atoms. The average molecular weight is 744 g/mol. The van der Waals surface area contributed by atoms with Crippen molar-refractivity contribution in [2.75, 3.05) is 0 Å². The molecule has 0 fully saturated rings. The van der Waals surface area contributed by atoms with Crippen molar-refractivity contribution in [1.82, 2.24) is 15.0 Å². The van der Waals surface area contributed by atoms with Crippen LogP contribution in [0.2, 0.25) is 0 Å². The van der Waals surface area contributed by atoms with Gasteiger partial charge in [-0.2, -0.15) is 0 Å². The number of nitrogens with zero attached hydrogens (tertiary/aromatic N) is 3. The van der Waals surface area contributed by atoms with Gasteiger partial charge in [0.2, 0.25) is 0 Å². The standard InChI is InChI=1S/C54H37N3O/c1-34-45-28-25-44(47-17-10-18-50-51(47)48-33-42(27-30-49(48)58-50)41-24-21-36-13-8-9-16-40(36)31-41)32-43(45)26-29-46(34)54-56-52(38-14-6-3-7-15-38)55-53(57-54)39-22-19-37(20-23-39)35-11-4-2-5-12-35/h2-34,46H,1H3. The van der Waals surface area contributed by atoms with Gasteiger partial charge in [-0.15, -0.1) is 0 Å². The van der Waals surface area contributed by atoms with Gasteiger partial charge in [0.1, 0.15) is 17.0 Å². The highest BCUT2D eigenvalue weighted by atomic mass is 16.3. The number of allylic oxidation sites excluding steroid dienone is 1. The third kappa shape index (κ3) is 5.98. The van der Waals surface area contributed by atoms with Crippen molar-refractivity contribution >= 4 is 38.8 Å². The molecule has 8 aromatic carbocycles. The largest absolute Gasteiger partial charge is 0.456 e. The number of benzene rings is 8. The summed E-state index contributed by atoms with van der Waals surface area (Å²) in [6, 6.07) is 64.1. The molecule has 0 aliphatic heterocycles. The fourth-order valence-corrected chi connectivity index (χ4v) is 8.62. The molecule has 10 aromatic rings. The van der Waals surface area contributed by atoms with Crippen LogP contribution in [0.5, 0.6) is 0 Å². The number of fused-ring (bicyclic) bond motifs is 5. The molecule has 0 saturated heterocycles. The molecule has 1 aliphatic carbocycles. The van der Waals surface area contributed by atoms with Crippen molar-refractivity contribution in [3.63, 3.8) is 0 Å². The Morgan fingerprint density at radius 1 is 0.448 bits per heavy atom. The van der Waals surface area contributed by atoms with Gasteiger partial charge in [0.15, 0.2) is 11.6 Å². The summed E-state index contributed by atoms with van der Waals surface area (Å²) >= 11 is 0. The first-order chi connectivity index (χ1) is 28.6. The number of furan rings is 1. The van der Waals surface area contributed by atoms with Crippen molar-refractivity contribution in [2.24, 2.45) is 0 Å². The van der Waals surface area contributed by atoms with Crippen LogP contribution in [-0.4, -0.2) is 15.0 Å². The van der Waals surface area contributed by atoms with Gasteiger partial charge in [0.25, 0.3) is 0 Å². The van der Waals surface area contributed by atoms with Crippen LogP contribution in [0, 0.1) is 0 Å². The summed E-state index contributed by atoms with van der Waals surface area (Å²) < 4.78 is 6.44. The lowest BCUT2D eigenvalue weighted by atomic mass is 9.79. The summed E-state index contributed by atoms with van der Waals surface area (Å²) in [6.45, 7) is 2.28. The zero-order valence-electron chi connectivity index (χ0n) is 31.9. The second kappa shape index (κ2) is 13.9. The minimum Gasteiger partial charge on any atom is -0.456 e. The quantitative estimate of drug-likeness (QED) is 0.170. The molecule has 2 heterocycles. The predicted molar refractivity (Wildman–Crippen MR) is 238 cm³/mol. The molecular weight excluding hydrogens is 707 g/mol. The third-order valence-electron chi connectivity index (χ3n) is 11.7. The van der Waals surface area contributed by atoms with E-state index in [0.29, 0.717) is 11.6 Å². The molecule has 2 aromatic heterocycles. The van der Waals surface area contributed by atoms with Gasteiger partial charge in [-0.25, -0.2) is 15.0 Å². The van der Waals surface area contributed by atoms with Crippen molar-refractivity contribution in [3.05, 3.63) is 205 Å². The summed E-state index contributed by atoms with van der Waals surface area (Å²) in [5.41, 5.74) is 13.2. The Morgan fingerprint density at radius 3 is 1.86 bits per heavy atom. The SMILES string of the molecule is CC1c2ccc(-c3cccc4oc5ccc(-c6ccc7ccccc7c6)cc5c34)cc2C=CC1c1nc(-c2ccccc2)nc(-c2ccc(-c3ccccc3)cc2)n1. The molecule has 0 bridgehead atoms. The monoisotopic (exact) mass is 743 g/mol. The molecule has 11 rings (SSSR count). The molecular formula is C54H37N3O. The van der Waals surface area contributed by atoms with Crippen LogP contribution in [0.4, 0.5) is 0 Å². The van der Waals surface area contributed by atoms with E-state index in [0.717, 1.165) is 55.6 Å². The summed E-state index contributed by atoms with van der Waals surface area (Å²) in [5, 5.41) is 4.73. The highest BCUT2D eigenvalue weighted by Gasteiger charge is 2.28. The maximum atomic E-state index is 6.44. The first-order valence-electron chi connectivity index (χ1n) is 19.9. The number of aromatic nitrogens is 3. The van der Waals surface area contributed by atoms with E-state index < -0.39 is 0 Å². The van der Waals surface area contributed by atoms with Gasteiger partial charge < -0.3 is 4.42 Å². The van der Waals surface area contributed by atoms with Crippen molar-refractivity contribution < 1.29 is 4.42 Å². The normalized spacial score (nSPS) is 14.9. The van der Waals surface area contributed by atoms with E-state index >= 15 is 0 Å². The Bertz CT molecular complexity index is 3180. The summed E-state index contributed by atoms with van der Waals surface area (Å²) in [5.74, 6) is 2.24. The Hall–Kier alpha value is -7.43. The van der Waals surface area contributed by atoms with E-state index in [4.69, 9.17) is 19.4 Å². The van der Waals surface area contributed by atoms with E-state index in [1.165, 1.54) is 38.6 Å². The Balaban J connectivity index is 0.955. The molecule has 4 nitrogen and oxygen atoms in total. The lowest BCUT2D eigenvalue weighted by molar-refractivity contribution is 0.630. The third-order valence-corrected chi connectivity index (χ3v) is 11.7. The van der Waals surface area contributed by atoms with E-state index in [2.05, 4.69) is 177 Å². The second-order valence-corrected chi connectivity index (χ2v) is 15.2. The van der Waals surface area contributed by atoms with E-state index in [1.807, 2.05) is 24.3 Å². The Kier molecular flexibility index (Phi) is 8.14. The first kappa shape index (κ1) is 33.9. The van der Waals surface area contributed by atoms with Gasteiger partial charge >= 0.3 is 0 Å². The summed E-state index contributed by atoms with van der Waals surface area (Å²) in [4.78, 5) is 15.3. The lowest BCUT2D eigenvalue weighted by Gasteiger charge is -2.27. The molecule has 274 valence electrons. The average Bonchev–Trinajstić information content (AvgIpc) is 3.68. The molecule has 4 heteroatoms. The first-order valence-corrected chi connectivity index (χ1v) is 19.9. The Morgan fingerprint density at radius 2 is 1.07 bits per heavy atom. The molecule has 2 atom stereocenters. The van der Waals surface area contributed by atoms with Crippen LogP contribution in [0.25, 0.3) is 94.9 Å². The maximum Gasteiger partial charge on any atom is 0.163 e. The zero-order valence-corrected chi connectivity index (χ0v) is 31.9. The smallest absolute Gasteiger partial charge is 0.163 e. The number of hydrogen-bond donors (Lipinski definition) is 0. The number of rotatable bonds is 6. The maximum absolute atomic E-state index is 6.44. The highest BCUT2D eigenvalue weighted by Crippen LogP contribution is 2.43. The van der Waals surface area contributed by atoms with Gasteiger partial charge in [0.05, 0.1) is 0 Å². The van der Waals surface area contributed by atoms with Gasteiger partial charge in [0, 0.05) is 27.8 Å². The van der Waals surface area contributed by atoms with Crippen molar-refractivity contribution in [1.29, 1.82) is 0 Å². The van der Waals surface area contributed by atoms with Crippen molar-refractivity contribution in [2.45, 2.75) is 18.8 Å². The molecule has 0 radical (unpaired) electrons. The van der Waals surface area contributed by atoms with E-state index in [9.17, 15) is 0 Å². The molecule has 0 spiro atoms. The Labute approximate surface area is 336 Å². The van der Waals surface area contributed by atoms with Crippen LogP contribution in [-0.2, 0) is 0 Å². The predicted octanol–water partition coefficient (Wildman–Crippen LogP) is 14.2. The van der Waals surface area contributed by atoms with Crippen LogP contribution < -0.4 is 0 Å². The summed E-state index contributed by atoms with van der Waals surface area (Å²) in [7, 11) is 0. The van der Waals surface area contributed by atoms with Crippen molar-refractivity contribution in [3.8, 4) is 56.2 Å². The summed E-state index contributed by atoms with van der Waals surface area (Å²) in [6.07, 6.45) is 4.52. The molecule has 0 N–H and O–H groups in total. The van der Waals surface area contributed by atoms with Gasteiger partial charge in [-0.1, -0.05) is 171 Å².